The Balaban J connectivity index is 1.67. The molecule has 5 rings (SSSR count). The number of rotatable bonds is 4. The lowest BCUT2D eigenvalue weighted by molar-refractivity contribution is 0.0518. The van der Waals surface area contributed by atoms with Crippen LogP contribution < -0.4 is 0 Å². The number of carbonyl (C=O) groups is 1. The van der Waals surface area contributed by atoms with Gasteiger partial charge in [0.2, 0.25) is 0 Å². The van der Waals surface area contributed by atoms with Gasteiger partial charge in [0.1, 0.15) is 17.5 Å². The summed E-state index contributed by atoms with van der Waals surface area (Å²) in [6.45, 7) is 6.23. The molecule has 2 aliphatic rings. The number of fused-ring (bicyclic) bond motifs is 5. The fourth-order valence-electron chi connectivity index (χ4n) is 5.57. The topological polar surface area (TPSA) is 77.9 Å². The number of ether oxygens (including phenoxy) is 1. The second-order valence-corrected chi connectivity index (χ2v) is 8.83. The van der Waals surface area contributed by atoms with Crippen LogP contribution in [-0.4, -0.2) is 32.7 Å². The van der Waals surface area contributed by atoms with E-state index in [1.807, 2.05) is 0 Å². The van der Waals surface area contributed by atoms with E-state index < -0.39 is 23.0 Å². The lowest BCUT2D eigenvalue weighted by atomic mass is 9.67. The predicted molar refractivity (Wildman–Crippen MR) is 112 cm³/mol. The van der Waals surface area contributed by atoms with Gasteiger partial charge in [-0.2, -0.15) is 5.10 Å². The van der Waals surface area contributed by atoms with Crippen molar-refractivity contribution < 1.29 is 18.3 Å². The summed E-state index contributed by atoms with van der Waals surface area (Å²) in [5, 5.41) is 8.68. The van der Waals surface area contributed by atoms with E-state index in [1.165, 1.54) is 24.3 Å². The summed E-state index contributed by atoms with van der Waals surface area (Å²) in [7, 11) is 0. The Kier molecular flexibility index (Phi) is 4.58. The van der Waals surface area contributed by atoms with Crippen LogP contribution in [0.25, 0.3) is 11.3 Å². The fourth-order valence-corrected chi connectivity index (χ4v) is 5.57. The van der Waals surface area contributed by atoms with Crippen molar-refractivity contribution in [3.8, 4) is 11.3 Å². The molecule has 1 fully saturated rings. The lowest BCUT2D eigenvalue weighted by Gasteiger charge is -2.36. The average molecular weight is 436 g/mol. The molecule has 2 heterocycles. The van der Waals surface area contributed by atoms with Crippen LogP contribution in [0.3, 0.4) is 0 Å². The number of carbonyl (C=O) groups excluding carboxylic acids is 1. The number of esters is 1. The van der Waals surface area contributed by atoms with Crippen molar-refractivity contribution >= 4 is 5.97 Å². The monoisotopic (exact) mass is 436 g/mol. The fraction of sp³-hybridized carbons (Fsp3) is 0.375. The Hall–Kier alpha value is -3.29. The maximum Gasteiger partial charge on any atom is 0.357 e. The molecule has 2 bridgehead atoms. The van der Waals surface area contributed by atoms with Crippen molar-refractivity contribution in [2.75, 3.05) is 6.61 Å². The summed E-state index contributed by atoms with van der Waals surface area (Å²) >= 11 is 0. The molecule has 2 atom stereocenters. The molecule has 1 aromatic carbocycles. The molecule has 2 aromatic heterocycles. The molecule has 0 saturated heterocycles. The highest BCUT2D eigenvalue weighted by atomic mass is 19.1. The zero-order valence-electron chi connectivity index (χ0n) is 18.0. The quantitative estimate of drug-likeness (QED) is 0.557. The van der Waals surface area contributed by atoms with Crippen LogP contribution in [0.4, 0.5) is 8.78 Å². The minimum atomic E-state index is -0.679. The molecule has 0 unspecified atom stereocenters. The summed E-state index contributed by atoms with van der Waals surface area (Å²) in [4.78, 5) is 21.4. The third-order valence-corrected chi connectivity index (χ3v) is 7.12. The molecule has 0 N–H and O–H groups in total. The molecule has 3 aromatic rings. The van der Waals surface area contributed by atoms with E-state index in [0.29, 0.717) is 11.5 Å². The first-order valence-electron chi connectivity index (χ1n) is 10.6. The molecule has 8 heteroatoms. The largest absolute Gasteiger partial charge is 0.461 e. The maximum atomic E-state index is 14.4. The van der Waals surface area contributed by atoms with Gasteiger partial charge in [0.25, 0.3) is 0 Å². The third kappa shape index (κ3) is 2.64. The zero-order valence-corrected chi connectivity index (χ0v) is 18.0. The van der Waals surface area contributed by atoms with Gasteiger partial charge in [-0.05, 0) is 60.9 Å². The van der Waals surface area contributed by atoms with Crippen LogP contribution in [0, 0.1) is 17.0 Å². The number of aromatic nitrogens is 4. The van der Waals surface area contributed by atoms with E-state index in [4.69, 9.17) is 4.74 Å². The number of nitrogens with zero attached hydrogens (tertiary/aromatic N) is 4. The molecule has 0 aliphatic heterocycles. The van der Waals surface area contributed by atoms with Crippen molar-refractivity contribution in [2.45, 2.75) is 44.9 Å². The summed E-state index contributed by atoms with van der Waals surface area (Å²) in [6, 6.07) is 7.01. The number of hydrogen-bond acceptors (Lipinski definition) is 6. The number of halogens is 2. The highest BCUT2D eigenvalue weighted by Gasteiger charge is 2.65. The SMILES string of the molecule is CCOC(=O)c1ccnc([C@@]23CC[C@@H](c4cc(-c5c(F)cccc5F)nnc42)C3(C)C)n1. The first-order valence-corrected chi connectivity index (χ1v) is 10.6. The standard InChI is InChI=1S/C24H22F2N4O2/c1-4-32-21(31)17-9-11-27-22(28-17)24-10-8-14(23(24,2)3)13-12-18(29-30-20(13)24)19-15(25)6-5-7-16(19)26/h5-7,9,11-12,14H,4,8,10H2,1-3H3/t14-,24+/m0/s1. The Morgan fingerprint density at radius 3 is 2.66 bits per heavy atom. The van der Waals surface area contributed by atoms with Gasteiger partial charge in [0, 0.05) is 6.20 Å². The Morgan fingerprint density at radius 2 is 1.94 bits per heavy atom. The van der Waals surface area contributed by atoms with Crippen LogP contribution in [0.2, 0.25) is 0 Å². The molecule has 164 valence electrons. The molecule has 6 nitrogen and oxygen atoms in total. The smallest absolute Gasteiger partial charge is 0.357 e. The van der Waals surface area contributed by atoms with E-state index in [0.717, 1.165) is 18.4 Å². The third-order valence-electron chi connectivity index (χ3n) is 7.12. The summed E-state index contributed by atoms with van der Waals surface area (Å²) in [5.74, 6) is -1.27. The zero-order chi connectivity index (χ0) is 22.7. The minimum Gasteiger partial charge on any atom is -0.461 e. The van der Waals surface area contributed by atoms with E-state index in [9.17, 15) is 13.6 Å². The Morgan fingerprint density at radius 1 is 1.19 bits per heavy atom. The van der Waals surface area contributed by atoms with Crippen LogP contribution in [-0.2, 0) is 10.2 Å². The van der Waals surface area contributed by atoms with Gasteiger partial charge in [-0.25, -0.2) is 23.5 Å². The van der Waals surface area contributed by atoms with Crippen molar-refractivity contribution in [1.29, 1.82) is 0 Å². The van der Waals surface area contributed by atoms with Gasteiger partial charge in [-0.15, -0.1) is 5.10 Å². The van der Waals surface area contributed by atoms with Crippen LogP contribution in [0.15, 0.2) is 36.5 Å². The maximum absolute atomic E-state index is 14.4. The minimum absolute atomic E-state index is 0.0939. The second kappa shape index (κ2) is 7.12. The lowest BCUT2D eigenvalue weighted by Crippen LogP contribution is -2.39. The van der Waals surface area contributed by atoms with E-state index in [-0.39, 0.29) is 34.9 Å². The molecule has 32 heavy (non-hydrogen) atoms. The van der Waals surface area contributed by atoms with E-state index >= 15 is 0 Å². The summed E-state index contributed by atoms with van der Waals surface area (Å²) in [5.41, 5.74) is 0.798. The van der Waals surface area contributed by atoms with Crippen molar-refractivity contribution in [3.05, 3.63) is 70.9 Å². The van der Waals surface area contributed by atoms with Crippen LogP contribution in [0.1, 0.15) is 67.1 Å². The molecular formula is C24H22F2N4O2. The molecule has 0 spiro atoms. The first-order chi connectivity index (χ1) is 15.3. The molecule has 0 amide bonds. The van der Waals surface area contributed by atoms with Gasteiger partial charge in [-0.3, -0.25) is 0 Å². The summed E-state index contributed by atoms with van der Waals surface area (Å²) in [6.07, 6.45) is 3.14. The summed E-state index contributed by atoms with van der Waals surface area (Å²) < 4.78 is 33.9. The van der Waals surface area contributed by atoms with Crippen molar-refractivity contribution in [2.24, 2.45) is 5.41 Å². The van der Waals surface area contributed by atoms with E-state index in [1.54, 1.807) is 19.2 Å². The van der Waals surface area contributed by atoms with Crippen LogP contribution in [0.5, 0.6) is 0 Å². The van der Waals surface area contributed by atoms with Gasteiger partial charge in [0.15, 0.2) is 5.69 Å². The Labute approximate surface area is 184 Å². The van der Waals surface area contributed by atoms with Crippen LogP contribution >= 0.6 is 0 Å². The molecule has 1 saturated carbocycles. The molecule has 0 radical (unpaired) electrons. The Bertz CT molecular complexity index is 1230. The molecule has 2 aliphatic carbocycles. The first kappa shape index (κ1) is 20.6. The number of benzene rings is 1. The average Bonchev–Trinajstić information content (AvgIpc) is 3.15. The van der Waals surface area contributed by atoms with Crippen molar-refractivity contribution in [3.63, 3.8) is 0 Å². The van der Waals surface area contributed by atoms with Gasteiger partial charge >= 0.3 is 5.97 Å². The second-order valence-electron chi connectivity index (χ2n) is 8.83. The highest BCUT2D eigenvalue weighted by Crippen LogP contribution is 2.69. The van der Waals surface area contributed by atoms with Gasteiger partial charge in [-0.1, -0.05) is 19.9 Å². The normalized spacial score (nSPS) is 22.6. The van der Waals surface area contributed by atoms with Crippen molar-refractivity contribution in [1.82, 2.24) is 20.2 Å². The van der Waals surface area contributed by atoms with Gasteiger partial charge < -0.3 is 4.74 Å². The predicted octanol–water partition coefficient (Wildman–Crippen LogP) is 4.59. The highest BCUT2D eigenvalue weighted by molar-refractivity contribution is 5.87. The number of hydrogen-bond donors (Lipinski definition) is 0. The van der Waals surface area contributed by atoms with Gasteiger partial charge in [0.05, 0.1) is 29.0 Å². The van der Waals surface area contributed by atoms with E-state index in [2.05, 4.69) is 34.0 Å². The molecular weight excluding hydrogens is 414 g/mol.